The minimum absolute atomic E-state index is 0.209. The van der Waals surface area contributed by atoms with Gasteiger partial charge in [-0.15, -0.1) is 11.3 Å². The standard InChI is InChI=1S/C19H18N2O4S/c1-13-12-16(21-25-13)20-19(23)18(14-6-3-2-4-7-14)24-17(22)10-9-15-8-5-11-26-15/h2-8,11-12,18H,9-10H2,1H3,(H,20,21,23). The Morgan fingerprint density at radius 1 is 1.23 bits per heavy atom. The van der Waals surface area contributed by atoms with E-state index in [2.05, 4.69) is 10.5 Å². The molecule has 3 rings (SSSR count). The van der Waals surface area contributed by atoms with Gasteiger partial charge in [-0.25, -0.2) is 0 Å². The lowest BCUT2D eigenvalue weighted by Crippen LogP contribution is -2.26. The summed E-state index contributed by atoms with van der Waals surface area (Å²) in [6.07, 6.45) is -0.258. The molecule has 1 amide bonds. The van der Waals surface area contributed by atoms with E-state index in [4.69, 9.17) is 9.26 Å². The van der Waals surface area contributed by atoms with E-state index >= 15 is 0 Å². The largest absolute Gasteiger partial charge is 0.447 e. The first-order valence-electron chi connectivity index (χ1n) is 8.13. The van der Waals surface area contributed by atoms with E-state index in [1.54, 1.807) is 48.6 Å². The van der Waals surface area contributed by atoms with Crippen molar-refractivity contribution < 1.29 is 18.8 Å². The number of hydrogen-bond donors (Lipinski definition) is 1. The highest BCUT2D eigenvalue weighted by Crippen LogP contribution is 2.21. The summed E-state index contributed by atoms with van der Waals surface area (Å²) < 4.78 is 10.4. The Morgan fingerprint density at radius 2 is 2.04 bits per heavy atom. The van der Waals surface area contributed by atoms with Gasteiger partial charge in [-0.3, -0.25) is 9.59 Å². The number of carbonyl (C=O) groups is 2. The Morgan fingerprint density at radius 3 is 2.69 bits per heavy atom. The SMILES string of the molecule is Cc1cc(NC(=O)C(OC(=O)CCc2cccs2)c2ccccc2)no1. The van der Waals surface area contributed by atoms with Crippen LogP contribution in [0.1, 0.15) is 28.7 Å². The van der Waals surface area contributed by atoms with Gasteiger partial charge in [0.15, 0.2) is 5.82 Å². The van der Waals surface area contributed by atoms with Gasteiger partial charge in [0.25, 0.3) is 5.91 Å². The van der Waals surface area contributed by atoms with Crippen LogP contribution >= 0.6 is 11.3 Å². The topological polar surface area (TPSA) is 81.4 Å². The summed E-state index contributed by atoms with van der Waals surface area (Å²) in [6.45, 7) is 1.72. The summed E-state index contributed by atoms with van der Waals surface area (Å²) in [4.78, 5) is 26.0. The number of hydrogen-bond acceptors (Lipinski definition) is 6. The van der Waals surface area contributed by atoms with Crippen molar-refractivity contribution in [2.24, 2.45) is 0 Å². The zero-order chi connectivity index (χ0) is 18.4. The summed E-state index contributed by atoms with van der Waals surface area (Å²) in [6, 6.07) is 14.4. The highest BCUT2D eigenvalue weighted by molar-refractivity contribution is 7.09. The number of rotatable bonds is 7. The van der Waals surface area contributed by atoms with Crippen LogP contribution in [0.5, 0.6) is 0 Å². The lowest BCUT2D eigenvalue weighted by molar-refractivity contribution is -0.154. The smallest absolute Gasteiger partial charge is 0.307 e. The minimum Gasteiger partial charge on any atom is -0.447 e. The van der Waals surface area contributed by atoms with Crippen molar-refractivity contribution in [1.29, 1.82) is 0 Å². The van der Waals surface area contributed by atoms with Crippen molar-refractivity contribution in [2.45, 2.75) is 25.9 Å². The summed E-state index contributed by atoms with van der Waals surface area (Å²) in [5, 5.41) is 8.31. The molecule has 0 radical (unpaired) electrons. The molecule has 0 aliphatic carbocycles. The van der Waals surface area contributed by atoms with Crippen molar-refractivity contribution in [1.82, 2.24) is 5.16 Å². The van der Waals surface area contributed by atoms with Gasteiger partial charge < -0.3 is 14.6 Å². The van der Waals surface area contributed by atoms with Gasteiger partial charge in [-0.1, -0.05) is 41.6 Å². The average molecular weight is 370 g/mol. The molecule has 3 aromatic rings. The van der Waals surface area contributed by atoms with E-state index in [9.17, 15) is 9.59 Å². The van der Waals surface area contributed by atoms with Gasteiger partial charge in [0, 0.05) is 16.5 Å². The summed E-state index contributed by atoms with van der Waals surface area (Å²) >= 11 is 1.58. The fourth-order valence-electron chi connectivity index (χ4n) is 2.39. The highest BCUT2D eigenvalue weighted by atomic mass is 32.1. The minimum atomic E-state index is -1.05. The second-order valence-electron chi connectivity index (χ2n) is 5.67. The molecule has 0 aliphatic heterocycles. The van der Waals surface area contributed by atoms with Crippen LogP contribution in [-0.2, 0) is 20.7 Å². The maximum absolute atomic E-state index is 12.6. The molecular weight excluding hydrogens is 352 g/mol. The van der Waals surface area contributed by atoms with Crippen LogP contribution in [0.4, 0.5) is 5.82 Å². The van der Waals surface area contributed by atoms with Crippen LogP contribution < -0.4 is 5.32 Å². The van der Waals surface area contributed by atoms with Crippen LogP contribution in [0.2, 0.25) is 0 Å². The number of carbonyl (C=O) groups excluding carboxylic acids is 2. The van der Waals surface area contributed by atoms with Crippen molar-refractivity contribution in [3.8, 4) is 0 Å². The van der Waals surface area contributed by atoms with Crippen molar-refractivity contribution >= 4 is 29.0 Å². The van der Waals surface area contributed by atoms with Gasteiger partial charge in [-0.2, -0.15) is 0 Å². The van der Waals surface area contributed by atoms with Crippen molar-refractivity contribution in [3.63, 3.8) is 0 Å². The van der Waals surface area contributed by atoms with Gasteiger partial charge >= 0.3 is 5.97 Å². The molecular formula is C19H18N2O4S. The van der Waals surface area contributed by atoms with Crippen LogP contribution in [0.3, 0.4) is 0 Å². The van der Waals surface area contributed by atoms with E-state index in [-0.39, 0.29) is 12.2 Å². The molecule has 0 spiro atoms. The number of esters is 1. The number of nitrogens with one attached hydrogen (secondary N) is 1. The number of anilines is 1. The van der Waals surface area contributed by atoms with E-state index in [0.717, 1.165) is 4.88 Å². The predicted octanol–water partition coefficient (Wildman–Crippen LogP) is 3.90. The van der Waals surface area contributed by atoms with Crippen LogP contribution in [-0.4, -0.2) is 17.0 Å². The van der Waals surface area contributed by atoms with Crippen LogP contribution in [0.25, 0.3) is 0 Å². The van der Waals surface area contributed by atoms with E-state index in [1.165, 1.54) is 0 Å². The third-order valence-corrected chi connectivity index (χ3v) is 4.56. The number of aryl methyl sites for hydroxylation is 2. The molecule has 1 N–H and O–H groups in total. The van der Waals surface area contributed by atoms with E-state index in [0.29, 0.717) is 17.7 Å². The Kier molecular flexibility index (Phi) is 5.80. The zero-order valence-electron chi connectivity index (χ0n) is 14.2. The molecule has 134 valence electrons. The number of ether oxygens (including phenoxy) is 1. The third kappa shape index (κ3) is 4.80. The number of thiophene rings is 1. The quantitative estimate of drug-likeness (QED) is 0.638. The molecule has 7 heteroatoms. The fraction of sp³-hybridized carbons (Fsp3) is 0.211. The zero-order valence-corrected chi connectivity index (χ0v) is 15.0. The molecule has 26 heavy (non-hydrogen) atoms. The van der Waals surface area contributed by atoms with Crippen LogP contribution in [0, 0.1) is 6.92 Å². The first-order valence-corrected chi connectivity index (χ1v) is 9.01. The summed E-state index contributed by atoms with van der Waals surface area (Å²) in [7, 11) is 0. The van der Waals surface area contributed by atoms with Gasteiger partial charge in [-0.05, 0) is 24.8 Å². The average Bonchev–Trinajstić information content (AvgIpc) is 3.30. The van der Waals surface area contributed by atoms with Gasteiger partial charge in [0.2, 0.25) is 6.10 Å². The maximum atomic E-state index is 12.6. The molecule has 0 saturated heterocycles. The Labute approximate surface area is 154 Å². The molecule has 1 unspecified atom stereocenters. The summed E-state index contributed by atoms with van der Waals surface area (Å²) in [5.41, 5.74) is 0.592. The first-order chi connectivity index (χ1) is 12.6. The van der Waals surface area contributed by atoms with Crippen molar-refractivity contribution in [3.05, 3.63) is 70.1 Å². The predicted molar refractivity (Wildman–Crippen MR) is 97.8 cm³/mol. The Balaban J connectivity index is 1.68. The molecule has 2 aromatic heterocycles. The number of benzene rings is 1. The lowest BCUT2D eigenvalue weighted by Gasteiger charge is -2.17. The second-order valence-corrected chi connectivity index (χ2v) is 6.70. The molecule has 6 nitrogen and oxygen atoms in total. The Hall–Kier alpha value is -2.93. The van der Waals surface area contributed by atoms with Crippen molar-refractivity contribution in [2.75, 3.05) is 5.32 Å². The van der Waals surface area contributed by atoms with E-state index < -0.39 is 18.0 Å². The molecule has 2 heterocycles. The molecule has 0 aliphatic rings. The number of amides is 1. The highest BCUT2D eigenvalue weighted by Gasteiger charge is 2.25. The second kappa shape index (κ2) is 8.44. The fourth-order valence-corrected chi connectivity index (χ4v) is 3.10. The maximum Gasteiger partial charge on any atom is 0.307 e. The molecule has 0 bridgehead atoms. The molecule has 1 aromatic carbocycles. The Bertz CT molecular complexity index is 859. The van der Waals surface area contributed by atoms with Crippen LogP contribution in [0.15, 0.2) is 58.4 Å². The van der Waals surface area contributed by atoms with E-state index in [1.807, 2.05) is 23.6 Å². The molecule has 0 saturated carbocycles. The third-order valence-electron chi connectivity index (χ3n) is 3.62. The van der Waals surface area contributed by atoms with Gasteiger partial charge in [0.05, 0.1) is 6.42 Å². The normalized spacial score (nSPS) is 11.7. The monoisotopic (exact) mass is 370 g/mol. The molecule has 1 atom stereocenters. The molecule has 0 fully saturated rings. The van der Waals surface area contributed by atoms with Gasteiger partial charge in [0.1, 0.15) is 5.76 Å². The lowest BCUT2D eigenvalue weighted by atomic mass is 10.1. The number of aromatic nitrogens is 1. The first kappa shape index (κ1) is 17.9. The number of nitrogens with zero attached hydrogens (tertiary/aromatic N) is 1. The summed E-state index contributed by atoms with van der Waals surface area (Å²) in [5.74, 6) is -0.0553.